The molecule has 130 valence electrons. The van der Waals surface area contributed by atoms with E-state index in [0.29, 0.717) is 30.2 Å². The minimum atomic E-state index is -0.555. The molecule has 0 bridgehead atoms. The zero-order valence-electron chi connectivity index (χ0n) is 14.0. The predicted octanol–water partition coefficient (Wildman–Crippen LogP) is 3.30. The van der Waals surface area contributed by atoms with E-state index in [1.54, 1.807) is 43.5 Å². The topological polar surface area (TPSA) is 67.9 Å². The van der Waals surface area contributed by atoms with Crippen LogP contribution < -0.4 is 14.8 Å². The smallest absolute Gasteiger partial charge is 0.415 e. The van der Waals surface area contributed by atoms with E-state index in [2.05, 4.69) is 5.32 Å². The summed E-state index contributed by atoms with van der Waals surface area (Å²) in [5.41, 5.74) is 0.582. The molecule has 1 heterocycles. The van der Waals surface area contributed by atoms with Gasteiger partial charge < -0.3 is 14.8 Å². The highest BCUT2D eigenvalue weighted by molar-refractivity contribution is 5.98. The van der Waals surface area contributed by atoms with Gasteiger partial charge in [-0.25, -0.2) is 4.79 Å². The van der Waals surface area contributed by atoms with Gasteiger partial charge in [-0.3, -0.25) is 9.69 Å². The predicted molar refractivity (Wildman–Crippen MR) is 93.8 cm³/mol. The molecule has 1 fully saturated rings. The third-order valence-corrected chi connectivity index (χ3v) is 4.10. The van der Waals surface area contributed by atoms with Crippen molar-refractivity contribution in [3.8, 4) is 11.5 Å². The summed E-state index contributed by atoms with van der Waals surface area (Å²) in [6, 6.07) is 15.5. The van der Waals surface area contributed by atoms with Crippen molar-refractivity contribution < 1.29 is 19.1 Å². The van der Waals surface area contributed by atoms with Gasteiger partial charge in [-0.1, -0.05) is 30.3 Å². The van der Waals surface area contributed by atoms with Crippen LogP contribution in [0.2, 0.25) is 0 Å². The highest BCUT2D eigenvalue weighted by atomic mass is 16.6. The highest BCUT2D eigenvalue weighted by Crippen LogP contribution is 2.26. The van der Waals surface area contributed by atoms with Crippen molar-refractivity contribution in [1.29, 1.82) is 0 Å². The number of methoxy groups -OCH3 is 1. The summed E-state index contributed by atoms with van der Waals surface area (Å²) in [6.45, 7) is 0.496. The maximum atomic E-state index is 12.6. The summed E-state index contributed by atoms with van der Waals surface area (Å²) in [7, 11) is 1.55. The minimum Gasteiger partial charge on any atom is -0.495 e. The van der Waals surface area contributed by atoms with Crippen LogP contribution in [0, 0.1) is 0 Å². The Labute approximate surface area is 146 Å². The number of likely N-dealkylation sites (tertiary alicyclic amines) is 1. The van der Waals surface area contributed by atoms with Crippen LogP contribution in [0.15, 0.2) is 54.6 Å². The monoisotopic (exact) mass is 340 g/mol. The second-order valence-corrected chi connectivity index (χ2v) is 5.72. The molecule has 0 saturated carbocycles. The molecule has 1 atom stereocenters. The molecule has 3 rings (SSSR count). The Balaban J connectivity index is 1.68. The number of carbonyl (C=O) groups is 2. The standard InChI is InChI=1S/C19H20N2O4/c1-24-17-12-6-5-10-15(17)20-18(22)16-11-7-13-21(16)19(23)25-14-8-3-2-4-9-14/h2-6,8-10,12,16H,7,11,13H2,1H3,(H,20,22)/t16-/m0/s1. The molecular formula is C19H20N2O4. The number of hydrogen-bond acceptors (Lipinski definition) is 4. The molecule has 0 aromatic heterocycles. The van der Waals surface area contributed by atoms with Gasteiger partial charge >= 0.3 is 6.09 Å². The number of rotatable bonds is 4. The lowest BCUT2D eigenvalue weighted by Crippen LogP contribution is -2.44. The van der Waals surface area contributed by atoms with Crippen molar-refractivity contribution >= 4 is 17.7 Å². The average Bonchev–Trinajstić information content (AvgIpc) is 3.13. The molecule has 2 aromatic rings. The molecule has 6 nitrogen and oxygen atoms in total. The summed E-state index contributed by atoms with van der Waals surface area (Å²) in [6.07, 6.45) is 0.850. The van der Waals surface area contributed by atoms with Crippen LogP contribution in [-0.2, 0) is 4.79 Å². The van der Waals surface area contributed by atoms with E-state index in [-0.39, 0.29) is 5.91 Å². The van der Waals surface area contributed by atoms with E-state index in [4.69, 9.17) is 9.47 Å². The second-order valence-electron chi connectivity index (χ2n) is 5.72. The maximum absolute atomic E-state index is 12.6. The van der Waals surface area contributed by atoms with E-state index in [9.17, 15) is 9.59 Å². The summed E-state index contributed by atoms with van der Waals surface area (Å²) >= 11 is 0. The van der Waals surface area contributed by atoms with Crippen molar-refractivity contribution in [2.24, 2.45) is 0 Å². The Bertz CT molecular complexity index is 748. The fourth-order valence-electron chi connectivity index (χ4n) is 2.87. The number of carbonyl (C=O) groups excluding carboxylic acids is 2. The first-order chi connectivity index (χ1) is 12.2. The van der Waals surface area contributed by atoms with E-state index >= 15 is 0 Å². The van der Waals surface area contributed by atoms with Crippen LogP contribution in [0.25, 0.3) is 0 Å². The molecule has 25 heavy (non-hydrogen) atoms. The molecule has 0 spiro atoms. The first kappa shape index (κ1) is 16.8. The lowest BCUT2D eigenvalue weighted by Gasteiger charge is -2.23. The minimum absolute atomic E-state index is 0.244. The Morgan fingerprint density at radius 3 is 2.56 bits per heavy atom. The van der Waals surface area contributed by atoms with Gasteiger partial charge in [0.1, 0.15) is 17.5 Å². The van der Waals surface area contributed by atoms with Gasteiger partial charge in [-0.2, -0.15) is 0 Å². The molecule has 1 aliphatic heterocycles. The molecule has 0 aliphatic carbocycles. The molecule has 6 heteroatoms. The third-order valence-electron chi connectivity index (χ3n) is 4.10. The van der Waals surface area contributed by atoms with Gasteiger partial charge in [-0.05, 0) is 37.1 Å². The van der Waals surface area contributed by atoms with Crippen LogP contribution in [0.5, 0.6) is 11.5 Å². The van der Waals surface area contributed by atoms with Gasteiger partial charge in [0.2, 0.25) is 5.91 Å². The second kappa shape index (κ2) is 7.70. The fraction of sp³-hybridized carbons (Fsp3) is 0.263. The fourth-order valence-corrected chi connectivity index (χ4v) is 2.87. The molecule has 2 aromatic carbocycles. The van der Waals surface area contributed by atoms with Crippen molar-refractivity contribution in [3.05, 3.63) is 54.6 Å². The van der Waals surface area contributed by atoms with Gasteiger partial charge in [0.05, 0.1) is 12.8 Å². The van der Waals surface area contributed by atoms with Crippen molar-refractivity contribution in [1.82, 2.24) is 4.90 Å². The SMILES string of the molecule is COc1ccccc1NC(=O)[C@@H]1CCCN1C(=O)Oc1ccccc1. The van der Waals surface area contributed by atoms with Crippen LogP contribution >= 0.6 is 0 Å². The van der Waals surface area contributed by atoms with Crippen molar-refractivity contribution in [2.75, 3.05) is 19.0 Å². The Hall–Kier alpha value is -3.02. The highest BCUT2D eigenvalue weighted by Gasteiger charge is 2.35. The molecule has 2 amide bonds. The first-order valence-electron chi connectivity index (χ1n) is 8.16. The molecular weight excluding hydrogens is 320 g/mol. The maximum Gasteiger partial charge on any atom is 0.415 e. The summed E-state index contributed by atoms with van der Waals surface area (Å²) in [5.74, 6) is 0.794. The largest absolute Gasteiger partial charge is 0.495 e. The zero-order chi connectivity index (χ0) is 17.6. The quantitative estimate of drug-likeness (QED) is 0.927. The lowest BCUT2D eigenvalue weighted by atomic mass is 10.2. The molecule has 1 N–H and O–H groups in total. The molecule has 1 saturated heterocycles. The van der Waals surface area contributed by atoms with E-state index in [1.807, 2.05) is 18.2 Å². The normalized spacial score (nSPS) is 16.4. The van der Waals surface area contributed by atoms with Crippen LogP contribution in [0.1, 0.15) is 12.8 Å². The van der Waals surface area contributed by atoms with Gasteiger partial charge in [0.25, 0.3) is 0 Å². The summed E-state index contributed by atoms with van der Waals surface area (Å²) < 4.78 is 10.6. The average molecular weight is 340 g/mol. The van der Waals surface area contributed by atoms with E-state index < -0.39 is 12.1 Å². The summed E-state index contributed by atoms with van der Waals surface area (Å²) in [4.78, 5) is 26.5. The number of anilines is 1. The van der Waals surface area contributed by atoms with E-state index in [0.717, 1.165) is 6.42 Å². The van der Waals surface area contributed by atoms with Crippen LogP contribution in [0.4, 0.5) is 10.5 Å². The Kier molecular flexibility index (Phi) is 5.18. The Morgan fingerprint density at radius 2 is 1.80 bits per heavy atom. The number of ether oxygens (including phenoxy) is 2. The lowest BCUT2D eigenvalue weighted by molar-refractivity contribution is -0.119. The van der Waals surface area contributed by atoms with Gasteiger partial charge in [0.15, 0.2) is 0 Å². The van der Waals surface area contributed by atoms with Crippen LogP contribution in [0.3, 0.4) is 0 Å². The molecule has 1 aliphatic rings. The number of benzene rings is 2. The first-order valence-corrected chi connectivity index (χ1v) is 8.16. The summed E-state index contributed by atoms with van der Waals surface area (Å²) in [5, 5.41) is 2.84. The van der Waals surface area contributed by atoms with E-state index in [1.165, 1.54) is 4.90 Å². The number of amides is 2. The molecule has 0 unspecified atom stereocenters. The van der Waals surface area contributed by atoms with Gasteiger partial charge in [-0.15, -0.1) is 0 Å². The number of para-hydroxylation sites is 3. The number of hydrogen-bond donors (Lipinski definition) is 1. The molecule has 0 radical (unpaired) electrons. The Morgan fingerprint density at radius 1 is 1.08 bits per heavy atom. The number of nitrogens with zero attached hydrogens (tertiary/aromatic N) is 1. The van der Waals surface area contributed by atoms with Crippen LogP contribution in [-0.4, -0.2) is 36.6 Å². The van der Waals surface area contributed by atoms with Gasteiger partial charge in [0, 0.05) is 6.54 Å². The third kappa shape index (κ3) is 3.91. The van der Waals surface area contributed by atoms with Crippen molar-refractivity contribution in [3.63, 3.8) is 0 Å². The zero-order valence-corrected chi connectivity index (χ0v) is 14.0. The van der Waals surface area contributed by atoms with Crippen molar-refractivity contribution in [2.45, 2.75) is 18.9 Å². The number of nitrogens with one attached hydrogen (secondary N) is 1.